The number of carbonyl (C=O) groups excluding carboxylic acids is 2. The number of ether oxygens (including phenoxy) is 2. The molecular formula is C13H14O4Si. The van der Waals surface area contributed by atoms with Gasteiger partial charge in [0.2, 0.25) is 0 Å². The van der Waals surface area contributed by atoms with E-state index >= 15 is 0 Å². The number of hydrogen-bond acceptors (Lipinski definition) is 4. The van der Waals surface area contributed by atoms with Gasteiger partial charge >= 0.3 is 11.9 Å². The molecule has 0 radical (unpaired) electrons. The van der Waals surface area contributed by atoms with Gasteiger partial charge in [0, 0.05) is 16.8 Å². The first-order chi connectivity index (χ1) is 8.60. The van der Waals surface area contributed by atoms with Gasteiger partial charge < -0.3 is 9.47 Å². The highest BCUT2D eigenvalue weighted by atomic mass is 28.1. The fourth-order valence-electron chi connectivity index (χ4n) is 2.58. The van der Waals surface area contributed by atoms with Crippen LogP contribution in [0.5, 0.6) is 0 Å². The molecule has 2 heterocycles. The molecular weight excluding hydrogens is 248 g/mol. The highest BCUT2D eigenvalue weighted by Crippen LogP contribution is 2.34. The summed E-state index contributed by atoms with van der Waals surface area (Å²) in [7, 11) is 0.865. The van der Waals surface area contributed by atoms with E-state index in [1.165, 1.54) is 0 Å². The van der Waals surface area contributed by atoms with Crippen molar-refractivity contribution in [2.24, 2.45) is 0 Å². The summed E-state index contributed by atoms with van der Waals surface area (Å²) < 4.78 is 10.5. The molecule has 2 aliphatic heterocycles. The lowest BCUT2D eigenvalue weighted by Gasteiger charge is -2.34. The van der Waals surface area contributed by atoms with Gasteiger partial charge in [-0.1, -0.05) is 6.07 Å². The first-order valence-corrected chi connectivity index (χ1v) is 7.15. The lowest BCUT2D eigenvalue weighted by atomic mass is 9.97. The standard InChI is InChI=1S/C13H14O4Si/c14-11-9-4-3-8(7-10(9)12(15)17-11)13(18)5-1-2-6-16-13/h3-4,7H,1-2,5-6H2,18H3. The van der Waals surface area contributed by atoms with Gasteiger partial charge in [0.1, 0.15) is 0 Å². The van der Waals surface area contributed by atoms with Gasteiger partial charge in [-0.2, -0.15) is 0 Å². The zero-order chi connectivity index (χ0) is 12.8. The van der Waals surface area contributed by atoms with E-state index in [1.807, 2.05) is 6.07 Å². The molecule has 1 unspecified atom stereocenters. The average molecular weight is 262 g/mol. The molecule has 94 valence electrons. The molecule has 18 heavy (non-hydrogen) atoms. The summed E-state index contributed by atoms with van der Waals surface area (Å²) in [6.07, 6.45) is 3.22. The van der Waals surface area contributed by atoms with Crippen LogP contribution in [-0.4, -0.2) is 28.8 Å². The smallest absolute Gasteiger partial charge is 0.346 e. The van der Waals surface area contributed by atoms with Crippen molar-refractivity contribution < 1.29 is 19.1 Å². The first kappa shape index (κ1) is 11.6. The summed E-state index contributed by atoms with van der Waals surface area (Å²) >= 11 is 0. The van der Waals surface area contributed by atoms with Crippen LogP contribution >= 0.6 is 0 Å². The Bertz CT molecular complexity index is 532. The fourth-order valence-corrected chi connectivity index (χ4v) is 3.44. The number of fused-ring (bicyclic) bond motifs is 1. The normalized spacial score (nSPS) is 27.1. The Balaban J connectivity index is 2.02. The van der Waals surface area contributed by atoms with E-state index in [2.05, 4.69) is 4.74 Å². The van der Waals surface area contributed by atoms with E-state index in [0.717, 1.165) is 41.7 Å². The molecule has 0 spiro atoms. The minimum absolute atomic E-state index is 0.223. The fraction of sp³-hybridized carbons (Fsp3) is 0.385. The number of carbonyl (C=O) groups is 2. The summed E-state index contributed by atoms with van der Waals surface area (Å²) in [5, 5.41) is -0.223. The molecule has 0 aromatic heterocycles. The third-order valence-corrected chi connectivity index (χ3v) is 5.09. The lowest BCUT2D eigenvalue weighted by Crippen LogP contribution is -2.34. The van der Waals surface area contributed by atoms with Gasteiger partial charge in [0.15, 0.2) is 0 Å². The van der Waals surface area contributed by atoms with Crippen LogP contribution < -0.4 is 0 Å². The Kier molecular flexibility index (Phi) is 2.60. The van der Waals surface area contributed by atoms with Gasteiger partial charge in [-0.05, 0) is 37.0 Å². The Morgan fingerprint density at radius 3 is 2.61 bits per heavy atom. The maximum Gasteiger partial charge on any atom is 0.346 e. The number of cyclic esters (lactones) is 2. The van der Waals surface area contributed by atoms with E-state index in [0.29, 0.717) is 11.1 Å². The van der Waals surface area contributed by atoms with Crippen molar-refractivity contribution >= 4 is 22.2 Å². The molecule has 0 saturated carbocycles. The van der Waals surface area contributed by atoms with E-state index in [-0.39, 0.29) is 5.22 Å². The molecule has 0 bridgehead atoms. The molecule has 2 aliphatic rings. The van der Waals surface area contributed by atoms with Crippen LogP contribution in [0.25, 0.3) is 0 Å². The Morgan fingerprint density at radius 2 is 1.89 bits per heavy atom. The van der Waals surface area contributed by atoms with E-state index in [4.69, 9.17) is 4.74 Å². The minimum atomic E-state index is -0.548. The largest absolute Gasteiger partial charge is 0.386 e. The van der Waals surface area contributed by atoms with Crippen molar-refractivity contribution in [2.75, 3.05) is 6.61 Å². The average Bonchev–Trinajstić information content (AvgIpc) is 2.66. The topological polar surface area (TPSA) is 52.6 Å². The first-order valence-electron chi connectivity index (χ1n) is 6.15. The van der Waals surface area contributed by atoms with E-state index < -0.39 is 11.9 Å². The van der Waals surface area contributed by atoms with Gasteiger partial charge in [-0.3, -0.25) is 0 Å². The third kappa shape index (κ3) is 1.70. The third-order valence-electron chi connectivity index (χ3n) is 3.72. The van der Waals surface area contributed by atoms with Crippen molar-refractivity contribution in [2.45, 2.75) is 24.5 Å². The second-order valence-electron chi connectivity index (χ2n) is 4.97. The summed E-state index contributed by atoms with van der Waals surface area (Å²) in [4.78, 5) is 22.9. The SMILES string of the molecule is O=C1OC(=O)c2cc(C3([SiH3])CCCCO3)ccc21. The molecule has 1 atom stereocenters. The number of benzene rings is 1. The van der Waals surface area contributed by atoms with Gasteiger partial charge in [-0.25, -0.2) is 9.59 Å². The highest BCUT2D eigenvalue weighted by molar-refractivity contribution is 6.17. The number of esters is 2. The Hall–Kier alpha value is -1.46. The summed E-state index contributed by atoms with van der Waals surface area (Å²) in [6.45, 7) is 0.768. The Labute approximate surface area is 108 Å². The summed E-state index contributed by atoms with van der Waals surface area (Å²) in [5.74, 6) is -1.09. The predicted molar refractivity (Wildman–Crippen MR) is 67.6 cm³/mol. The summed E-state index contributed by atoms with van der Waals surface area (Å²) in [5.41, 5.74) is 1.74. The monoisotopic (exact) mass is 262 g/mol. The van der Waals surface area contributed by atoms with Crippen molar-refractivity contribution in [1.29, 1.82) is 0 Å². The molecule has 1 saturated heterocycles. The number of rotatable bonds is 1. The van der Waals surface area contributed by atoms with Crippen LogP contribution in [0, 0.1) is 0 Å². The lowest BCUT2D eigenvalue weighted by molar-refractivity contribution is -0.0210. The van der Waals surface area contributed by atoms with Crippen LogP contribution in [0.1, 0.15) is 45.5 Å². The molecule has 5 heteroatoms. The van der Waals surface area contributed by atoms with Crippen LogP contribution in [0.4, 0.5) is 0 Å². The molecule has 0 N–H and O–H groups in total. The Morgan fingerprint density at radius 1 is 1.11 bits per heavy atom. The predicted octanol–water partition coefficient (Wildman–Crippen LogP) is 0.716. The molecule has 1 aromatic rings. The van der Waals surface area contributed by atoms with Gasteiger partial charge in [0.25, 0.3) is 0 Å². The van der Waals surface area contributed by atoms with Crippen molar-refractivity contribution in [3.8, 4) is 0 Å². The molecule has 1 fully saturated rings. The van der Waals surface area contributed by atoms with Gasteiger partial charge in [0.05, 0.1) is 16.4 Å². The van der Waals surface area contributed by atoms with Crippen LogP contribution in [-0.2, 0) is 14.7 Å². The molecule has 3 rings (SSSR count). The van der Waals surface area contributed by atoms with Crippen molar-refractivity contribution in [3.05, 3.63) is 34.9 Å². The van der Waals surface area contributed by atoms with E-state index in [9.17, 15) is 9.59 Å². The van der Waals surface area contributed by atoms with Crippen LogP contribution in [0.3, 0.4) is 0 Å². The maximum atomic E-state index is 11.5. The second-order valence-corrected chi connectivity index (χ2v) is 6.59. The van der Waals surface area contributed by atoms with Crippen LogP contribution in [0.15, 0.2) is 18.2 Å². The minimum Gasteiger partial charge on any atom is -0.386 e. The quantitative estimate of drug-likeness (QED) is 0.425. The summed E-state index contributed by atoms with van der Waals surface area (Å²) in [6, 6.07) is 5.33. The van der Waals surface area contributed by atoms with Crippen molar-refractivity contribution in [1.82, 2.24) is 0 Å². The van der Waals surface area contributed by atoms with Crippen molar-refractivity contribution in [3.63, 3.8) is 0 Å². The zero-order valence-electron chi connectivity index (χ0n) is 10.2. The molecule has 0 aliphatic carbocycles. The molecule has 0 amide bonds. The maximum absolute atomic E-state index is 11.5. The molecule has 1 aromatic carbocycles. The highest BCUT2D eigenvalue weighted by Gasteiger charge is 2.34. The van der Waals surface area contributed by atoms with Crippen LogP contribution in [0.2, 0.25) is 0 Å². The van der Waals surface area contributed by atoms with Gasteiger partial charge in [-0.15, -0.1) is 0 Å². The molecule has 4 nitrogen and oxygen atoms in total. The second kappa shape index (κ2) is 4.03. The van der Waals surface area contributed by atoms with E-state index in [1.54, 1.807) is 12.1 Å². The number of hydrogen-bond donors (Lipinski definition) is 0. The zero-order valence-corrected chi connectivity index (χ0v) is 12.2.